The Bertz CT molecular complexity index is 712. The summed E-state index contributed by atoms with van der Waals surface area (Å²) in [6.07, 6.45) is 0.520. The molecule has 0 radical (unpaired) electrons. The molecular formula is C20H23FN2OS. The van der Waals surface area contributed by atoms with Crippen LogP contribution in [0.25, 0.3) is 0 Å². The summed E-state index contributed by atoms with van der Waals surface area (Å²) in [6, 6.07) is 14.8. The van der Waals surface area contributed by atoms with Crippen molar-refractivity contribution in [2.75, 3.05) is 36.8 Å². The number of hydrogen-bond acceptors (Lipinski definition) is 3. The van der Waals surface area contributed by atoms with Crippen LogP contribution in [0, 0.1) is 12.7 Å². The molecule has 0 atom stereocenters. The van der Waals surface area contributed by atoms with Gasteiger partial charge in [-0.15, -0.1) is 11.8 Å². The van der Waals surface area contributed by atoms with Crippen molar-refractivity contribution in [3.63, 3.8) is 0 Å². The second-order valence-corrected chi connectivity index (χ2v) is 7.38. The molecule has 2 aromatic rings. The number of piperazine rings is 1. The molecule has 0 spiro atoms. The van der Waals surface area contributed by atoms with Crippen LogP contribution >= 0.6 is 11.8 Å². The number of halogens is 1. The van der Waals surface area contributed by atoms with Crippen LogP contribution < -0.4 is 4.90 Å². The average molecular weight is 358 g/mol. The maximum absolute atomic E-state index is 12.9. The Kier molecular flexibility index (Phi) is 5.97. The smallest absolute Gasteiger partial charge is 0.223 e. The highest BCUT2D eigenvalue weighted by molar-refractivity contribution is 7.99. The molecule has 1 saturated heterocycles. The van der Waals surface area contributed by atoms with E-state index in [1.165, 1.54) is 23.4 Å². The third-order valence-electron chi connectivity index (χ3n) is 4.49. The lowest BCUT2D eigenvalue weighted by molar-refractivity contribution is -0.131. The number of carbonyl (C=O) groups is 1. The van der Waals surface area contributed by atoms with Crippen molar-refractivity contribution in [3.05, 3.63) is 59.9 Å². The van der Waals surface area contributed by atoms with Crippen LogP contribution in [0.4, 0.5) is 10.1 Å². The molecule has 3 rings (SSSR count). The molecule has 0 bridgehead atoms. The summed E-state index contributed by atoms with van der Waals surface area (Å²) in [5.41, 5.74) is 2.54. The minimum Gasteiger partial charge on any atom is -0.368 e. The third kappa shape index (κ3) is 4.75. The Morgan fingerprint density at radius 1 is 1.04 bits per heavy atom. The minimum absolute atomic E-state index is 0.207. The van der Waals surface area contributed by atoms with Gasteiger partial charge in [0.1, 0.15) is 5.82 Å². The second kappa shape index (κ2) is 8.39. The number of anilines is 1. The van der Waals surface area contributed by atoms with Crippen molar-refractivity contribution in [1.29, 1.82) is 0 Å². The normalized spacial score (nSPS) is 14.6. The number of carbonyl (C=O) groups excluding carboxylic acids is 1. The lowest BCUT2D eigenvalue weighted by atomic mass is 10.1. The molecule has 1 fully saturated rings. The van der Waals surface area contributed by atoms with Crippen molar-refractivity contribution in [1.82, 2.24) is 4.90 Å². The van der Waals surface area contributed by atoms with E-state index in [0.29, 0.717) is 6.42 Å². The lowest BCUT2D eigenvalue weighted by Crippen LogP contribution is -2.49. The molecule has 3 nitrogen and oxygen atoms in total. The number of benzene rings is 2. The van der Waals surface area contributed by atoms with E-state index in [0.717, 1.165) is 36.8 Å². The van der Waals surface area contributed by atoms with Crippen LogP contribution in [-0.2, 0) is 4.79 Å². The van der Waals surface area contributed by atoms with E-state index >= 15 is 0 Å². The van der Waals surface area contributed by atoms with Crippen LogP contribution in [0.15, 0.2) is 53.4 Å². The first kappa shape index (κ1) is 17.8. The summed E-state index contributed by atoms with van der Waals surface area (Å²) in [4.78, 5) is 17.7. The van der Waals surface area contributed by atoms with Gasteiger partial charge in [0.2, 0.25) is 5.91 Å². The van der Waals surface area contributed by atoms with E-state index in [4.69, 9.17) is 0 Å². The fraction of sp³-hybridized carbons (Fsp3) is 0.350. The molecule has 1 aliphatic rings. The predicted molar refractivity (Wildman–Crippen MR) is 102 cm³/mol. The summed E-state index contributed by atoms with van der Waals surface area (Å²) >= 11 is 1.60. The molecule has 0 aromatic heterocycles. The van der Waals surface area contributed by atoms with Gasteiger partial charge in [0.15, 0.2) is 0 Å². The lowest BCUT2D eigenvalue weighted by Gasteiger charge is -2.36. The first-order valence-electron chi connectivity index (χ1n) is 8.60. The largest absolute Gasteiger partial charge is 0.368 e. The van der Waals surface area contributed by atoms with Gasteiger partial charge in [-0.2, -0.15) is 0 Å². The molecule has 2 aromatic carbocycles. The van der Waals surface area contributed by atoms with Gasteiger partial charge in [0, 0.05) is 48.9 Å². The van der Waals surface area contributed by atoms with E-state index in [2.05, 4.69) is 36.1 Å². The zero-order chi connectivity index (χ0) is 17.6. The summed E-state index contributed by atoms with van der Waals surface area (Å²) in [5, 5.41) is 0. The molecule has 1 amide bonds. The first-order chi connectivity index (χ1) is 12.1. The molecule has 25 heavy (non-hydrogen) atoms. The summed E-state index contributed by atoms with van der Waals surface area (Å²) < 4.78 is 12.9. The van der Waals surface area contributed by atoms with E-state index < -0.39 is 0 Å². The first-order valence-corrected chi connectivity index (χ1v) is 9.59. The summed E-state index contributed by atoms with van der Waals surface area (Å²) in [5.74, 6) is 0.702. The average Bonchev–Trinajstić information content (AvgIpc) is 2.64. The Labute approximate surface area is 152 Å². The highest BCUT2D eigenvalue weighted by Crippen LogP contribution is 2.22. The highest BCUT2D eigenvalue weighted by atomic mass is 32.2. The van der Waals surface area contributed by atoms with E-state index in [9.17, 15) is 9.18 Å². The number of aryl methyl sites for hydroxylation is 1. The maximum Gasteiger partial charge on any atom is 0.223 e. The van der Waals surface area contributed by atoms with E-state index in [1.54, 1.807) is 23.9 Å². The molecule has 1 aliphatic heterocycles. The molecule has 0 N–H and O–H groups in total. The van der Waals surface area contributed by atoms with Crippen molar-refractivity contribution in [3.8, 4) is 0 Å². The quantitative estimate of drug-likeness (QED) is 0.756. The van der Waals surface area contributed by atoms with Gasteiger partial charge < -0.3 is 9.80 Å². The summed E-state index contributed by atoms with van der Waals surface area (Å²) in [7, 11) is 0. The van der Waals surface area contributed by atoms with Gasteiger partial charge in [-0.3, -0.25) is 4.79 Å². The highest BCUT2D eigenvalue weighted by Gasteiger charge is 2.21. The molecular weight excluding hydrogens is 335 g/mol. The van der Waals surface area contributed by atoms with Crippen LogP contribution in [0.3, 0.4) is 0 Å². The standard InChI is InChI=1S/C20H23FN2OS/c1-16-4-2-3-5-19(16)22-11-13-23(14-12-22)20(24)10-15-25-18-8-6-17(21)7-9-18/h2-9H,10-15H2,1H3. The molecule has 0 aliphatic carbocycles. The van der Waals surface area contributed by atoms with Crippen molar-refractivity contribution in [2.45, 2.75) is 18.2 Å². The number of hydrogen-bond donors (Lipinski definition) is 0. The number of rotatable bonds is 5. The van der Waals surface area contributed by atoms with E-state index in [1.807, 2.05) is 4.90 Å². The van der Waals surface area contributed by atoms with E-state index in [-0.39, 0.29) is 11.7 Å². The zero-order valence-corrected chi connectivity index (χ0v) is 15.3. The van der Waals surface area contributed by atoms with Crippen molar-refractivity contribution >= 4 is 23.4 Å². The van der Waals surface area contributed by atoms with Crippen molar-refractivity contribution in [2.24, 2.45) is 0 Å². The SMILES string of the molecule is Cc1ccccc1N1CCN(C(=O)CCSc2ccc(F)cc2)CC1. The zero-order valence-electron chi connectivity index (χ0n) is 14.5. The van der Waals surface area contributed by atoms with Crippen LogP contribution in [0.2, 0.25) is 0 Å². The molecule has 0 saturated carbocycles. The number of thioether (sulfide) groups is 1. The number of amides is 1. The topological polar surface area (TPSA) is 23.6 Å². The molecule has 0 unspecified atom stereocenters. The fourth-order valence-electron chi connectivity index (χ4n) is 3.06. The Morgan fingerprint density at radius 3 is 2.40 bits per heavy atom. The monoisotopic (exact) mass is 358 g/mol. The molecule has 132 valence electrons. The molecule has 1 heterocycles. The number of para-hydroxylation sites is 1. The Hall–Kier alpha value is -2.01. The van der Waals surface area contributed by atoms with Gasteiger partial charge in [-0.25, -0.2) is 4.39 Å². The predicted octanol–water partition coefficient (Wildman–Crippen LogP) is 3.97. The van der Waals surface area contributed by atoms with Crippen molar-refractivity contribution < 1.29 is 9.18 Å². The maximum atomic E-state index is 12.9. The Balaban J connectivity index is 1.44. The van der Waals surface area contributed by atoms with Gasteiger partial charge in [0.25, 0.3) is 0 Å². The third-order valence-corrected chi connectivity index (χ3v) is 5.50. The second-order valence-electron chi connectivity index (χ2n) is 6.21. The fourth-order valence-corrected chi connectivity index (χ4v) is 3.90. The number of nitrogens with zero attached hydrogens (tertiary/aromatic N) is 2. The van der Waals surface area contributed by atoms with Crippen LogP contribution in [0.1, 0.15) is 12.0 Å². The van der Waals surface area contributed by atoms with Gasteiger partial charge >= 0.3 is 0 Å². The van der Waals surface area contributed by atoms with Gasteiger partial charge in [-0.05, 0) is 42.8 Å². The van der Waals surface area contributed by atoms with Crippen LogP contribution in [-0.4, -0.2) is 42.7 Å². The van der Waals surface area contributed by atoms with Crippen LogP contribution in [0.5, 0.6) is 0 Å². The van der Waals surface area contributed by atoms with Gasteiger partial charge in [-0.1, -0.05) is 18.2 Å². The Morgan fingerprint density at radius 2 is 1.72 bits per heavy atom. The van der Waals surface area contributed by atoms with Gasteiger partial charge in [0.05, 0.1) is 0 Å². The summed E-state index contributed by atoms with van der Waals surface area (Å²) in [6.45, 7) is 5.42. The molecule has 5 heteroatoms. The minimum atomic E-state index is -0.230.